The molecule has 1 amide bonds. The third-order valence-corrected chi connectivity index (χ3v) is 2.53. The van der Waals surface area contributed by atoms with Crippen LogP contribution in [0.15, 0.2) is 0 Å². The first-order valence-electron chi connectivity index (χ1n) is 4.34. The van der Waals surface area contributed by atoms with Gasteiger partial charge in [0.15, 0.2) is 0 Å². The monoisotopic (exact) mass is 230 g/mol. The van der Waals surface area contributed by atoms with Crippen molar-refractivity contribution in [1.82, 2.24) is 20.4 Å². The number of nitrogens with two attached hydrogens (primary N) is 1. The van der Waals surface area contributed by atoms with Gasteiger partial charge in [-0.15, -0.1) is 10.2 Å². The fraction of sp³-hybridized carbons (Fsp3) is 0.571. The van der Waals surface area contributed by atoms with Crippen LogP contribution in [0.4, 0.5) is 5.13 Å². The minimum Gasteiger partial charge on any atom is -0.358 e. The number of carbonyl (C=O) groups is 1. The van der Waals surface area contributed by atoms with E-state index in [-0.39, 0.29) is 5.91 Å². The molecule has 1 aromatic rings. The molecule has 0 spiro atoms. The van der Waals surface area contributed by atoms with Crippen molar-refractivity contribution in [2.24, 2.45) is 5.84 Å². The fourth-order valence-electron chi connectivity index (χ4n) is 0.987. The standard InChI is InChI=1S/C7H14N6OS/c1-9-5(14)3-13(2)4-6-11-12-7(10-8)15-6/h3-4,8H2,1-2H3,(H,9,14)(H,10,12). The van der Waals surface area contributed by atoms with Crippen molar-refractivity contribution < 1.29 is 4.79 Å². The number of likely N-dealkylation sites (N-methyl/N-ethyl adjacent to an activating group) is 2. The lowest BCUT2D eigenvalue weighted by Crippen LogP contribution is -2.32. The molecule has 7 nitrogen and oxygen atoms in total. The maximum atomic E-state index is 11.1. The molecule has 1 rings (SSSR count). The lowest BCUT2D eigenvalue weighted by atomic mass is 10.5. The van der Waals surface area contributed by atoms with E-state index in [1.165, 1.54) is 11.3 Å². The summed E-state index contributed by atoms with van der Waals surface area (Å²) in [4.78, 5) is 12.9. The van der Waals surface area contributed by atoms with Gasteiger partial charge in [-0.05, 0) is 7.05 Å². The first kappa shape index (κ1) is 11.8. The van der Waals surface area contributed by atoms with Crippen LogP contribution in [0.1, 0.15) is 5.01 Å². The van der Waals surface area contributed by atoms with Gasteiger partial charge in [0, 0.05) is 7.05 Å². The number of hydrazine groups is 1. The molecule has 0 bridgehead atoms. The quantitative estimate of drug-likeness (QED) is 0.443. The number of nitrogens with one attached hydrogen (secondary N) is 2. The summed E-state index contributed by atoms with van der Waals surface area (Å²) in [6, 6.07) is 0. The first-order chi connectivity index (χ1) is 7.15. The summed E-state index contributed by atoms with van der Waals surface area (Å²) in [5, 5.41) is 11.6. The molecule has 8 heteroatoms. The molecule has 0 aromatic carbocycles. The Kier molecular flexibility index (Phi) is 4.40. The number of nitrogen functional groups attached to an aromatic ring is 1. The summed E-state index contributed by atoms with van der Waals surface area (Å²) in [6.45, 7) is 0.911. The van der Waals surface area contributed by atoms with Crippen molar-refractivity contribution in [3.63, 3.8) is 0 Å². The molecular formula is C7H14N6OS. The molecule has 1 heterocycles. The first-order valence-corrected chi connectivity index (χ1v) is 5.15. The van der Waals surface area contributed by atoms with E-state index >= 15 is 0 Å². The van der Waals surface area contributed by atoms with E-state index in [0.717, 1.165) is 5.01 Å². The highest BCUT2D eigenvalue weighted by atomic mass is 32.1. The van der Waals surface area contributed by atoms with Crippen LogP contribution >= 0.6 is 11.3 Å². The zero-order valence-corrected chi connectivity index (χ0v) is 9.47. The van der Waals surface area contributed by atoms with E-state index in [9.17, 15) is 4.79 Å². The largest absolute Gasteiger partial charge is 0.358 e. The number of amides is 1. The van der Waals surface area contributed by atoms with Gasteiger partial charge in [-0.25, -0.2) is 5.84 Å². The zero-order valence-electron chi connectivity index (χ0n) is 8.65. The number of anilines is 1. The van der Waals surface area contributed by atoms with Crippen molar-refractivity contribution in [2.45, 2.75) is 6.54 Å². The van der Waals surface area contributed by atoms with Crippen LogP contribution in [0.25, 0.3) is 0 Å². The predicted octanol–water partition coefficient (Wildman–Crippen LogP) is -0.998. The van der Waals surface area contributed by atoms with Crippen LogP contribution < -0.4 is 16.6 Å². The number of rotatable bonds is 5. The summed E-state index contributed by atoms with van der Waals surface area (Å²) in [7, 11) is 3.45. The van der Waals surface area contributed by atoms with Gasteiger partial charge in [0.1, 0.15) is 5.01 Å². The van der Waals surface area contributed by atoms with Crippen LogP contribution in [0.5, 0.6) is 0 Å². The number of hydrogen-bond donors (Lipinski definition) is 3. The zero-order chi connectivity index (χ0) is 11.3. The number of aromatic nitrogens is 2. The summed E-state index contributed by atoms with van der Waals surface area (Å²) in [6.07, 6.45) is 0. The highest BCUT2D eigenvalue weighted by molar-refractivity contribution is 7.15. The summed E-state index contributed by atoms with van der Waals surface area (Å²) in [5.41, 5.74) is 2.42. The molecule has 0 aliphatic heterocycles. The molecule has 0 atom stereocenters. The van der Waals surface area contributed by atoms with Crippen LogP contribution in [-0.2, 0) is 11.3 Å². The molecule has 0 aliphatic carbocycles. The van der Waals surface area contributed by atoms with Crippen molar-refractivity contribution in [2.75, 3.05) is 26.1 Å². The Bertz CT molecular complexity index is 327. The molecule has 0 unspecified atom stereocenters. The fourth-order valence-corrected chi connectivity index (χ4v) is 1.72. The lowest BCUT2D eigenvalue weighted by Gasteiger charge is -2.12. The molecule has 4 N–H and O–H groups in total. The Morgan fingerprint density at radius 2 is 2.33 bits per heavy atom. The van der Waals surface area contributed by atoms with Crippen LogP contribution in [0.2, 0.25) is 0 Å². The lowest BCUT2D eigenvalue weighted by molar-refractivity contribution is -0.121. The normalized spacial score (nSPS) is 10.4. The van der Waals surface area contributed by atoms with Crippen molar-refractivity contribution in [1.29, 1.82) is 0 Å². The summed E-state index contributed by atoms with van der Waals surface area (Å²) < 4.78 is 0. The Balaban J connectivity index is 2.43. The van der Waals surface area contributed by atoms with Crippen molar-refractivity contribution >= 4 is 22.4 Å². The summed E-state index contributed by atoms with van der Waals surface area (Å²) >= 11 is 1.36. The predicted molar refractivity (Wildman–Crippen MR) is 58.1 cm³/mol. The van der Waals surface area contributed by atoms with Gasteiger partial charge in [0.05, 0.1) is 13.1 Å². The number of hydrogen-bond acceptors (Lipinski definition) is 7. The molecular weight excluding hydrogens is 216 g/mol. The van der Waals surface area contributed by atoms with Crippen molar-refractivity contribution in [3.05, 3.63) is 5.01 Å². The van der Waals surface area contributed by atoms with Crippen LogP contribution in [0, 0.1) is 0 Å². The second kappa shape index (κ2) is 5.59. The van der Waals surface area contributed by atoms with Gasteiger partial charge < -0.3 is 5.32 Å². The topological polar surface area (TPSA) is 96.2 Å². The molecule has 15 heavy (non-hydrogen) atoms. The van der Waals surface area contributed by atoms with Gasteiger partial charge in [0.25, 0.3) is 0 Å². The average molecular weight is 230 g/mol. The molecule has 84 valence electrons. The van der Waals surface area contributed by atoms with E-state index in [1.54, 1.807) is 7.05 Å². The maximum Gasteiger partial charge on any atom is 0.233 e. The number of nitrogens with zero attached hydrogens (tertiary/aromatic N) is 3. The van der Waals surface area contributed by atoms with E-state index < -0.39 is 0 Å². The van der Waals surface area contributed by atoms with E-state index in [0.29, 0.717) is 18.2 Å². The Hall–Kier alpha value is -1.25. The molecule has 0 radical (unpaired) electrons. The second-order valence-electron chi connectivity index (χ2n) is 2.99. The average Bonchev–Trinajstić information content (AvgIpc) is 2.65. The van der Waals surface area contributed by atoms with Gasteiger partial charge in [0.2, 0.25) is 11.0 Å². The maximum absolute atomic E-state index is 11.1. The van der Waals surface area contributed by atoms with Gasteiger partial charge >= 0.3 is 0 Å². The van der Waals surface area contributed by atoms with Gasteiger partial charge in [-0.3, -0.25) is 15.1 Å². The number of carbonyl (C=O) groups excluding carboxylic acids is 1. The third kappa shape index (κ3) is 3.78. The molecule has 0 fully saturated rings. The molecule has 0 saturated heterocycles. The molecule has 0 aliphatic rings. The van der Waals surface area contributed by atoms with E-state index in [2.05, 4.69) is 20.9 Å². The SMILES string of the molecule is CNC(=O)CN(C)Cc1nnc(NN)s1. The smallest absolute Gasteiger partial charge is 0.233 e. The molecule has 1 aromatic heterocycles. The minimum absolute atomic E-state index is 0.0285. The van der Waals surface area contributed by atoms with Crippen LogP contribution in [-0.4, -0.2) is 41.6 Å². The highest BCUT2D eigenvalue weighted by Gasteiger charge is 2.08. The highest BCUT2D eigenvalue weighted by Crippen LogP contribution is 2.14. The van der Waals surface area contributed by atoms with E-state index in [1.807, 2.05) is 11.9 Å². The van der Waals surface area contributed by atoms with Crippen molar-refractivity contribution in [3.8, 4) is 0 Å². The third-order valence-electron chi connectivity index (χ3n) is 1.69. The van der Waals surface area contributed by atoms with Crippen LogP contribution in [0.3, 0.4) is 0 Å². The Morgan fingerprint density at radius 1 is 1.60 bits per heavy atom. The van der Waals surface area contributed by atoms with E-state index in [4.69, 9.17) is 5.84 Å². The Morgan fingerprint density at radius 3 is 2.87 bits per heavy atom. The Labute approximate surface area is 91.6 Å². The van der Waals surface area contributed by atoms with Gasteiger partial charge in [-0.1, -0.05) is 11.3 Å². The second-order valence-corrected chi connectivity index (χ2v) is 4.05. The minimum atomic E-state index is -0.0285. The summed E-state index contributed by atoms with van der Waals surface area (Å²) in [5.74, 6) is 5.15. The van der Waals surface area contributed by atoms with Gasteiger partial charge in [-0.2, -0.15) is 0 Å². The molecule has 0 saturated carbocycles.